The molecule has 1 saturated heterocycles. The van der Waals surface area contributed by atoms with Crippen molar-refractivity contribution >= 4 is 11.8 Å². The van der Waals surface area contributed by atoms with E-state index >= 15 is 0 Å². The van der Waals surface area contributed by atoms with Gasteiger partial charge in [-0.2, -0.15) is 0 Å². The quantitative estimate of drug-likeness (QED) is 0.746. The highest BCUT2D eigenvalue weighted by Gasteiger charge is 2.21. The van der Waals surface area contributed by atoms with Gasteiger partial charge < -0.3 is 5.32 Å². The smallest absolute Gasteiger partial charge is 0.0359 e. The molecule has 116 valence electrons. The molecule has 2 aromatic carbocycles. The van der Waals surface area contributed by atoms with Gasteiger partial charge in [0.05, 0.1) is 0 Å². The van der Waals surface area contributed by atoms with Gasteiger partial charge in [0.1, 0.15) is 0 Å². The molecule has 1 heterocycles. The van der Waals surface area contributed by atoms with Gasteiger partial charge in [-0.15, -0.1) is 11.8 Å². The number of benzene rings is 2. The van der Waals surface area contributed by atoms with Gasteiger partial charge in [0.15, 0.2) is 0 Å². The summed E-state index contributed by atoms with van der Waals surface area (Å²) in [6.45, 7) is 3.39. The number of piperidine rings is 1. The lowest BCUT2D eigenvalue weighted by molar-refractivity contribution is 0.381. The molecule has 1 fully saturated rings. The van der Waals surface area contributed by atoms with Crippen molar-refractivity contribution in [3.05, 3.63) is 65.7 Å². The van der Waals surface area contributed by atoms with E-state index < -0.39 is 0 Å². The van der Waals surface area contributed by atoms with Crippen LogP contribution in [0.5, 0.6) is 0 Å². The molecule has 0 bridgehead atoms. The highest BCUT2D eigenvalue weighted by molar-refractivity contribution is 7.99. The van der Waals surface area contributed by atoms with Crippen molar-refractivity contribution in [2.24, 2.45) is 0 Å². The highest BCUT2D eigenvalue weighted by atomic mass is 32.2. The zero-order valence-corrected chi connectivity index (χ0v) is 14.1. The summed E-state index contributed by atoms with van der Waals surface area (Å²) >= 11 is 2.02. The van der Waals surface area contributed by atoms with Crippen LogP contribution in [0, 0.1) is 6.92 Å². The van der Waals surface area contributed by atoms with E-state index in [0.29, 0.717) is 11.3 Å². The monoisotopic (exact) mass is 311 g/mol. The Labute approximate surface area is 138 Å². The Morgan fingerprint density at radius 1 is 1.05 bits per heavy atom. The molecule has 1 N–H and O–H groups in total. The summed E-state index contributed by atoms with van der Waals surface area (Å²) in [5.41, 5.74) is 2.83. The molecule has 2 aromatic rings. The van der Waals surface area contributed by atoms with Crippen LogP contribution in [0.4, 0.5) is 0 Å². The molecule has 0 aliphatic carbocycles. The Morgan fingerprint density at radius 2 is 1.82 bits per heavy atom. The molecule has 0 aromatic heterocycles. The molecule has 0 amide bonds. The van der Waals surface area contributed by atoms with Crippen molar-refractivity contribution in [2.45, 2.75) is 48.8 Å². The van der Waals surface area contributed by atoms with Crippen LogP contribution in [-0.2, 0) is 0 Å². The summed E-state index contributed by atoms with van der Waals surface area (Å²) < 4.78 is 0. The lowest BCUT2D eigenvalue weighted by Gasteiger charge is -2.28. The minimum Gasteiger partial charge on any atom is -0.314 e. The maximum absolute atomic E-state index is 3.71. The zero-order valence-electron chi connectivity index (χ0n) is 13.3. The van der Waals surface area contributed by atoms with E-state index in [-0.39, 0.29) is 0 Å². The van der Waals surface area contributed by atoms with E-state index in [9.17, 15) is 0 Å². The molecule has 1 nitrogen and oxygen atoms in total. The van der Waals surface area contributed by atoms with Crippen LogP contribution < -0.4 is 5.32 Å². The van der Waals surface area contributed by atoms with Gasteiger partial charge in [0, 0.05) is 16.2 Å². The Hall–Kier alpha value is -1.25. The Bertz CT molecular complexity index is 575. The Morgan fingerprint density at radius 3 is 2.55 bits per heavy atom. The lowest BCUT2D eigenvalue weighted by atomic mass is 9.97. The predicted molar refractivity (Wildman–Crippen MR) is 96.5 cm³/mol. The first-order chi connectivity index (χ1) is 10.8. The number of nitrogens with one attached hydrogen (secondary N) is 1. The van der Waals surface area contributed by atoms with Crippen LogP contribution in [0.15, 0.2) is 59.5 Å². The average Bonchev–Trinajstić information content (AvgIpc) is 2.58. The normalized spacial score (nSPS) is 19.8. The van der Waals surface area contributed by atoms with Crippen molar-refractivity contribution in [2.75, 3.05) is 6.54 Å². The summed E-state index contributed by atoms with van der Waals surface area (Å²) in [6, 6.07) is 20.4. The molecule has 0 spiro atoms. The summed E-state index contributed by atoms with van der Waals surface area (Å²) in [5.74, 6) is 0. The summed E-state index contributed by atoms with van der Waals surface area (Å²) in [4.78, 5) is 1.41. The molecule has 3 rings (SSSR count). The summed E-state index contributed by atoms with van der Waals surface area (Å²) in [5, 5.41) is 4.23. The first-order valence-electron chi connectivity index (χ1n) is 8.33. The summed E-state index contributed by atoms with van der Waals surface area (Å²) in [7, 11) is 0. The number of thioether (sulfide) groups is 1. The second kappa shape index (κ2) is 7.85. The second-order valence-corrected chi connectivity index (χ2v) is 7.41. The van der Waals surface area contributed by atoms with Gasteiger partial charge in [-0.3, -0.25) is 0 Å². The standard InChI is InChI=1S/C20H25NS/c1-16-9-5-6-13-19(16)22-20(17-10-3-2-4-11-17)15-18-12-7-8-14-21-18/h2-6,9-11,13,18,20-21H,7-8,12,14-15H2,1H3. The van der Waals surface area contributed by atoms with E-state index in [1.54, 1.807) is 0 Å². The molecular formula is C20H25NS. The molecule has 0 saturated carbocycles. The fraction of sp³-hybridized carbons (Fsp3) is 0.400. The maximum Gasteiger partial charge on any atom is 0.0359 e. The van der Waals surface area contributed by atoms with Crippen LogP contribution in [0.3, 0.4) is 0 Å². The zero-order chi connectivity index (χ0) is 15.2. The predicted octanol–water partition coefficient (Wildman–Crippen LogP) is 5.36. The minimum absolute atomic E-state index is 0.526. The number of hydrogen-bond acceptors (Lipinski definition) is 2. The van der Waals surface area contributed by atoms with Crippen LogP contribution >= 0.6 is 11.8 Å². The van der Waals surface area contributed by atoms with Crippen molar-refractivity contribution < 1.29 is 0 Å². The van der Waals surface area contributed by atoms with Gasteiger partial charge in [-0.1, -0.05) is 55.0 Å². The van der Waals surface area contributed by atoms with Crippen LogP contribution in [-0.4, -0.2) is 12.6 Å². The van der Waals surface area contributed by atoms with Crippen LogP contribution in [0.1, 0.15) is 42.1 Å². The fourth-order valence-electron chi connectivity index (χ4n) is 3.15. The molecule has 2 heteroatoms. The second-order valence-electron chi connectivity index (χ2n) is 6.17. The van der Waals surface area contributed by atoms with E-state index in [1.807, 2.05) is 11.8 Å². The van der Waals surface area contributed by atoms with E-state index in [1.165, 1.54) is 48.3 Å². The largest absolute Gasteiger partial charge is 0.314 e. The lowest BCUT2D eigenvalue weighted by Crippen LogP contribution is -2.34. The molecule has 1 aliphatic heterocycles. The van der Waals surface area contributed by atoms with E-state index in [2.05, 4.69) is 66.8 Å². The van der Waals surface area contributed by atoms with E-state index in [4.69, 9.17) is 0 Å². The minimum atomic E-state index is 0.526. The molecule has 1 aliphatic rings. The number of hydrogen-bond donors (Lipinski definition) is 1. The highest BCUT2D eigenvalue weighted by Crippen LogP contribution is 2.40. The molecule has 2 unspecified atom stereocenters. The Kier molecular flexibility index (Phi) is 5.58. The first kappa shape index (κ1) is 15.6. The van der Waals surface area contributed by atoms with Gasteiger partial charge in [-0.25, -0.2) is 0 Å². The third kappa shape index (κ3) is 4.15. The molecule has 22 heavy (non-hydrogen) atoms. The summed E-state index contributed by atoms with van der Waals surface area (Å²) in [6.07, 6.45) is 5.23. The van der Waals surface area contributed by atoms with Gasteiger partial charge >= 0.3 is 0 Å². The molecule has 0 radical (unpaired) electrons. The molecular weight excluding hydrogens is 286 g/mol. The SMILES string of the molecule is Cc1ccccc1SC(CC1CCCCN1)c1ccccc1. The van der Waals surface area contributed by atoms with Gasteiger partial charge in [0.2, 0.25) is 0 Å². The van der Waals surface area contributed by atoms with Crippen molar-refractivity contribution in [1.29, 1.82) is 0 Å². The fourth-order valence-corrected chi connectivity index (χ4v) is 4.48. The van der Waals surface area contributed by atoms with Gasteiger partial charge in [0.25, 0.3) is 0 Å². The van der Waals surface area contributed by atoms with Crippen molar-refractivity contribution in [1.82, 2.24) is 5.32 Å². The maximum atomic E-state index is 3.71. The number of rotatable bonds is 5. The number of aryl methyl sites for hydroxylation is 1. The Balaban J connectivity index is 1.78. The van der Waals surface area contributed by atoms with E-state index in [0.717, 1.165) is 0 Å². The van der Waals surface area contributed by atoms with Crippen LogP contribution in [0.2, 0.25) is 0 Å². The third-order valence-corrected chi connectivity index (χ3v) is 5.91. The van der Waals surface area contributed by atoms with Crippen molar-refractivity contribution in [3.8, 4) is 0 Å². The average molecular weight is 311 g/mol. The topological polar surface area (TPSA) is 12.0 Å². The van der Waals surface area contributed by atoms with Gasteiger partial charge in [-0.05, 0) is 49.9 Å². The van der Waals surface area contributed by atoms with Crippen molar-refractivity contribution in [3.63, 3.8) is 0 Å². The first-order valence-corrected chi connectivity index (χ1v) is 9.21. The third-order valence-electron chi connectivity index (χ3n) is 4.45. The van der Waals surface area contributed by atoms with Crippen LogP contribution in [0.25, 0.3) is 0 Å². The molecule has 2 atom stereocenters.